The van der Waals surface area contributed by atoms with Crippen LogP contribution in [-0.4, -0.2) is 11.0 Å². The van der Waals surface area contributed by atoms with Crippen molar-refractivity contribution in [1.82, 2.24) is 4.98 Å². The zero-order valence-corrected chi connectivity index (χ0v) is 11.0. The molecule has 3 nitrogen and oxygen atoms in total. The molecule has 1 aromatic rings. The first-order chi connectivity index (χ1) is 8.08. The van der Waals surface area contributed by atoms with E-state index in [-0.39, 0.29) is 0 Å². The second-order valence-corrected chi connectivity index (χ2v) is 5.45. The van der Waals surface area contributed by atoms with Gasteiger partial charge in [0.1, 0.15) is 5.82 Å². The van der Waals surface area contributed by atoms with Gasteiger partial charge in [-0.05, 0) is 36.8 Å². The van der Waals surface area contributed by atoms with Gasteiger partial charge in [0.05, 0.1) is 11.9 Å². The van der Waals surface area contributed by atoms with Crippen molar-refractivity contribution in [3.63, 3.8) is 0 Å². The lowest BCUT2D eigenvalue weighted by Gasteiger charge is -2.35. The minimum absolute atomic E-state index is 0.550. The molecule has 3 atom stereocenters. The van der Waals surface area contributed by atoms with Crippen LogP contribution in [-0.2, 0) is 0 Å². The summed E-state index contributed by atoms with van der Waals surface area (Å²) in [6.45, 7) is 6.75. The lowest BCUT2D eigenvalue weighted by Crippen LogP contribution is -2.35. The molecule has 0 bridgehead atoms. The van der Waals surface area contributed by atoms with Gasteiger partial charge in [-0.1, -0.05) is 26.7 Å². The Labute approximate surface area is 104 Å². The number of rotatable bonds is 2. The number of nitrogen functional groups attached to an aromatic ring is 1. The van der Waals surface area contributed by atoms with E-state index < -0.39 is 0 Å². The van der Waals surface area contributed by atoms with E-state index in [0.29, 0.717) is 12.0 Å². The molecule has 0 radical (unpaired) electrons. The highest BCUT2D eigenvalue weighted by Crippen LogP contribution is 2.31. The fourth-order valence-electron chi connectivity index (χ4n) is 2.71. The van der Waals surface area contributed by atoms with E-state index in [9.17, 15) is 0 Å². The van der Waals surface area contributed by atoms with Crippen molar-refractivity contribution in [2.45, 2.75) is 46.1 Å². The molecule has 0 saturated heterocycles. The van der Waals surface area contributed by atoms with Gasteiger partial charge in [-0.25, -0.2) is 4.98 Å². The molecule has 1 heterocycles. The number of nitrogens with zero attached hydrogens (tertiary/aromatic N) is 1. The van der Waals surface area contributed by atoms with Crippen LogP contribution < -0.4 is 11.1 Å². The zero-order chi connectivity index (χ0) is 12.4. The van der Waals surface area contributed by atoms with Gasteiger partial charge in [-0.3, -0.25) is 0 Å². The van der Waals surface area contributed by atoms with Crippen LogP contribution in [0.15, 0.2) is 12.3 Å². The van der Waals surface area contributed by atoms with Crippen molar-refractivity contribution in [2.24, 2.45) is 11.8 Å². The fraction of sp³-hybridized carbons (Fsp3) is 0.643. The number of hydrogen-bond donors (Lipinski definition) is 2. The summed E-state index contributed by atoms with van der Waals surface area (Å²) in [5, 5.41) is 3.59. The van der Waals surface area contributed by atoms with E-state index in [2.05, 4.69) is 31.1 Å². The third-order valence-corrected chi connectivity index (χ3v) is 4.13. The zero-order valence-electron chi connectivity index (χ0n) is 11.0. The molecule has 17 heavy (non-hydrogen) atoms. The van der Waals surface area contributed by atoms with Crippen LogP contribution in [0.2, 0.25) is 0 Å². The summed E-state index contributed by atoms with van der Waals surface area (Å²) in [6.07, 6.45) is 5.65. The molecule has 0 amide bonds. The Morgan fingerprint density at radius 1 is 1.35 bits per heavy atom. The second-order valence-electron chi connectivity index (χ2n) is 5.45. The summed E-state index contributed by atoms with van der Waals surface area (Å²) in [5.74, 6) is 2.50. The predicted octanol–water partition coefficient (Wildman–Crippen LogP) is 3.21. The normalized spacial score (nSPS) is 29.0. The topological polar surface area (TPSA) is 50.9 Å². The molecule has 0 spiro atoms. The highest BCUT2D eigenvalue weighted by atomic mass is 15.0. The van der Waals surface area contributed by atoms with Gasteiger partial charge in [0.25, 0.3) is 0 Å². The Bertz CT molecular complexity index is 389. The summed E-state index contributed by atoms with van der Waals surface area (Å²) in [6, 6.07) is 2.53. The highest BCUT2D eigenvalue weighted by molar-refractivity contribution is 5.51. The van der Waals surface area contributed by atoms with Crippen molar-refractivity contribution in [2.75, 3.05) is 11.1 Å². The van der Waals surface area contributed by atoms with Crippen LogP contribution in [0.3, 0.4) is 0 Å². The van der Waals surface area contributed by atoms with E-state index in [0.717, 1.165) is 23.0 Å². The Kier molecular flexibility index (Phi) is 3.55. The maximum atomic E-state index is 5.72. The Hall–Kier alpha value is -1.25. The number of hydrogen-bond acceptors (Lipinski definition) is 3. The van der Waals surface area contributed by atoms with E-state index >= 15 is 0 Å². The first-order valence-corrected chi connectivity index (χ1v) is 6.56. The van der Waals surface area contributed by atoms with Crippen molar-refractivity contribution in [3.8, 4) is 0 Å². The highest BCUT2D eigenvalue weighted by Gasteiger charge is 2.27. The Morgan fingerprint density at radius 2 is 2.12 bits per heavy atom. The average molecular weight is 233 g/mol. The van der Waals surface area contributed by atoms with Crippen LogP contribution in [0.5, 0.6) is 0 Å². The molecular formula is C14H23N3. The molecule has 3 N–H and O–H groups in total. The predicted molar refractivity (Wildman–Crippen MR) is 73.0 cm³/mol. The van der Waals surface area contributed by atoms with E-state index in [1.165, 1.54) is 19.3 Å². The van der Waals surface area contributed by atoms with Crippen LogP contribution in [0.4, 0.5) is 11.5 Å². The minimum Gasteiger partial charge on any atom is -0.397 e. The first kappa shape index (κ1) is 12.2. The van der Waals surface area contributed by atoms with Crippen LogP contribution in [0.1, 0.15) is 38.7 Å². The SMILES string of the molecule is Cc1cc(N)cnc1NC1CCCC(C)C1C. The molecule has 1 aromatic heterocycles. The number of nitrogens with one attached hydrogen (secondary N) is 1. The number of aromatic nitrogens is 1. The molecular weight excluding hydrogens is 210 g/mol. The second kappa shape index (κ2) is 4.94. The molecule has 3 unspecified atom stereocenters. The number of pyridine rings is 1. The molecule has 0 aliphatic heterocycles. The first-order valence-electron chi connectivity index (χ1n) is 6.56. The summed E-state index contributed by atoms with van der Waals surface area (Å²) >= 11 is 0. The van der Waals surface area contributed by atoms with Crippen molar-refractivity contribution < 1.29 is 0 Å². The molecule has 94 valence electrons. The van der Waals surface area contributed by atoms with Crippen LogP contribution in [0, 0.1) is 18.8 Å². The molecule has 0 aromatic carbocycles. The molecule has 3 heteroatoms. The van der Waals surface area contributed by atoms with Gasteiger partial charge >= 0.3 is 0 Å². The van der Waals surface area contributed by atoms with Crippen molar-refractivity contribution in [3.05, 3.63) is 17.8 Å². The van der Waals surface area contributed by atoms with Gasteiger partial charge in [0, 0.05) is 6.04 Å². The minimum atomic E-state index is 0.550. The molecule has 1 fully saturated rings. The molecule has 1 aliphatic rings. The van der Waals surface area contributed by atoms with E-state index in [1.807, 2.05) is 6.07 Å². The summed E-state index contributed by atoms with van der Waals surface area (Å²) in [7, 11) is 0. The molecule has 2 rings (SSSR count). The largest absolute Gasteiger partial charge is 0.397 e. The molecule has 1 saturated carbocycles. The average Bonchev–Trinajstić information content (AvgIpc) is 2.28. The third kappa shape index (κ3) is 2.71. The van der Waals surface area contributed by atoms with Crippen molar-refractivity contribution in [1.29, 1.82) is 0 Å². The van der Waals surface area contributed by atoms with E-state index in [1.54, 1.807) is 6.20 Å². The molecule has 1 aliphatic carbocycles. The van der Waals surface area contributed by atoms with Crippen molar-refractivity contribution >= 4 is 11.5 Å². The third-order valence-electron chi connectivity index (χ3n) is 4.13. The summed E-state index contributed by atoms with van der Waals surface area (Å²) < 4.78 is 0. The number of nitrogens with two attached hydrogens (primary N) is 1. The lowest BCUT2D eigenvalue weighted by molar-refractivity contribution is 0.253. The van der Waals surface area contributed by atoms with Crippen LogP contribution >= 0.6 is 0 Å². The maximum absolute atomic E-state index is 5.72. The van der Waals surface area contributed by atoms with Gasteiger partial charge in [0.15, 0.2) is 0 Å². The standard InChI is InChI=1S/C14H23N3/c1-9-5-4-6-13(11(9)3)17-14-10(2)7-12(15)8-16-14/h7-9,11,13H,4-6,15H2,1-3H3,(H,16,17). The van der Waals surface area contributed by atoms with E-state index in [4.69, 9.17) is 5.73 Å². The van der Waals surface area contributed by atoms with Gasteiger partial charge < -0.3 is 11.1 Å². The van der Waals surface area contributed by atoms with Gasteiger partial charge in [-0.2, -0.15) is 0 Å². The number of anilines is 2. The van der Waals surface area contributed by atoms with Crippen LogP contribution in [0.25, 0.3) is 0 Å². The quantitative estimate of drug-likeness (QED) is 0.824. The Morgan fingerprint density at radius 3 is 2.82 bits per heavy atom. The maximum Gasteiger partial charge on any atom is 0.129 e. The Balaban J connectivity index is 2.09. The smallest absolute Gasteiger partial charge is 0.129 e. The number of aryl methyl sites for hydroxylation is 1. The summed E-state index contributed by atoms with van der Waals surface area (Å²) in [5.41, 5.74) is 7.59. The fourth-order valence-corrected chi connectivity index (χ4v) is 2.71. The van der Waals surface area contributed by atoms with Gasteiger partial charge in [-0.15, -0.1) is 0 Å². The van der Waals surface area contributed by atoms with Gasteiger partial charge in [0.2, 0.25) is 0 Å². The summed E-state index contributed by atoms with van der Waals surface area (Å²) in [4.78, 5) is 4.40. The lowest BCUT2D eigenvalue weighted by atomic mass is 9.78. The monoisotopic (exact) mass is 233 g/mol.